The van der Waals surface area contributed by atoms with Crippen LogP contribution in [-0.2, 0) is 29.8 Å². The van der Waals surface area contributed by atoms with Gasteiger partial charge in [-0.15, -0.1) is 0 Å². The van der Waals surface area contributed by atoms with Crippen molar-refractivity contribution in [3.63, 3.8) is 0 Å². The fraction of sp³-hybridized carbons (Fsp3) is 0.636. The van der Waals surface area contributed by atoms with Crippen molar-refractivity contribution >= 4 is 11.9 Å². The molecule has 1 saturated heterocycles. The predicted molar refractivity (Wildman–Crippen MR) is 106 cm³/mol. The molecular weight excluding hydrogens is 360 g/mol. The van der Waals surface area contributed by atoms with Crippen LogP contribution in [0.2, 0.25) is 0 Å². The molecule has 1 unspecified atom stereocenters. The summed E-state index contributed by atoms with van der Waals surface area (Å²) in [6.45, 7) is 13.4. The van der Waals surface area contributed by atoms with E-state index in [9.17, 15) is 9.59 Å². The Morgan fingerprint density at radius 2 is 1.39 bits per heavy atom. The molecule has 6 nitrogen and oxygen atoms in total. The Hall–Kier alpha value is -1.92. The van der Waals surface area contributed by atoms with Crippen molar-refractivity contribution in [1.82, 2.24) is 0 Å². The third-order valence-electron chi connectivity index (χ3n) is 4.54. The van der Waals surface area contributed by atoms with Crippen LogP contribution in [0.25, 0.3) is 0 Å². The molecule has 1 atom stereocenters. The third-order valence-corrected chi connectivity index (χ3v) is 4.54. The van der Waals surface area contributed by atoms with E-state index in [2.05, 4.69) is 0 Å². The largest absolute Gasteiger partial charge is 0.460 e. The molecule has 28 heavy (non-hydrogen) atoms. The molecule has 156 valence electrons. The fourth-order valence-corrected chi connectivity index (χ4v) is 2.88. The Bertz CT molecular complexity index is 720. The summed E-state index contributed by atoms with van der Waals surface area (Å²) in [6.07, 6.45) is -0.000779. The van der Waals surface area contributed by atoms with Crippen LogP contribution in [0.4, 0.5) is 0 Å². The van der Waals surface area contributed by atoms with Crippen molar-refractivity contribution in [2.45, 2.75) is 58.5 Å². The van der Waals surface area contributed by atoms with E-state index in [1.165, 1.54) is 0 Å². The number of carbonyl (C=O) groups excluding carboxylic acids is 2. The zero-order chi connectivity index (χ0) is 21.1. The Balaban J connectivity index is 2.49. The van der Waals surface area contributed by atoms with Crippen LogP contribution in [-0.4, -0.2) is 51.6 Å². The van der Waals surface area contributed by atoms with Gasteiger partial charge in [0.25, 0.3) is 0 Å². The highest BCUT2D eigenvalue weighted by Gasteiger charge is 2.32. The lowest BCUT2D eigenvalue weighted by Gasteiger charge is -2.28. The summed E-state index contributed by atoms with van der Waals surface area (Å²) in [4.78, 5) is 25.6. The van der Waals surface area contributed by atoms with Gasteiger partial charge in [-0.3, -0.25) is 0 Å². The van der Waals surface area contributed by atoms with Crippen molar-refractivity contribution in [1.29, 1.82) is 0 Å². The topological polar surface area (TPSA) is 74.4 Å². The molecule has 1 heterocycles. The molecule has 0 amide bonds. The molecule has 1 aromatic carbocycles. The molecule has 1 fully saturated rings. The van der Waals surface area contributed by atoms with E-state index in [0.29, 0.717) is 24.3 Å². The van der Waals surface area contributed by atoms with Gasteiger partial charge in [0.05, 0.1) is 24.3 Å². The summed E-state index contributed by atoms with van der Waals surface area (Å²) in [6, 6.07) is 3.56. The zero-order valence-electron chi connectivity index (χ0n) is 18.0. The predicted octanol–water partition coefficient (Wildman–Crippen LogP) is 3.64. The van der Waals surface area contributed by atoms with Crippen molar-refractivity contribution in [2.75, 3.05) is 33.5 Å². The average Bonchev–Trinajstić information content (AvgIpc) is 3.41. The molecule has 0 saturated carbocycles. The van der Waals surface area contributed by atoms with E-state index in [-0.39, 0.29) is 30.1 Å². The smallest absolute Gasteiger partial charge is 0.338 e. The molecule has 0 radical (unpaired) electrons. The van der Waals surface area contributed by atoms with Gasteiger partial charge in [0.15, 0.2) is 0 Å². The molecule has 2 rings (SSSR count). The number of hydrogen-bond acceptors (Lipinski definition) is 6. The summed E-state index contributed by atoms with van der Waals surface area (Å²) in [5.74, 6) is -0.816. The van der Waals surface area contributed by atoms with Gasteiger partial charge in [-0.05, 0) is 34.1 Å². The maximum atomic E-state index is 12.8. The van der Waals surface area contributed by atoms with Crippen LogP contribution >= 0.6 is 0 Å². The van der Waals surface area contributed by atoms with Gasteiger partial charge in [-0.2, -0.15) is 0 Å². The molecule has 0 spiro atoms. The van der Waals surface area contributed by atoms with Crippen LogP contribution in [0, 0.1) is 0 Å². The highest BCUT2D eigenvalue weighted by atomic mass is 16.6. The average molecular weight is 392 g/mol. The Morgan fingerprint density at radius 1 is 0.929 bits per heavy atom. The zero-order valence-corrected chi connectivity index (χ0v) is 18.0. The van der Waals surface area contributed by atoms with Gasteiger partial charge in [-0.25, -0.2) is 9.59 Å². The van der Waals surface area contributed by atoms with Crippen molar-refractivity contribution in [2.24, 2.45) is 0 Å². The number of benzene rings is 1. The van der Waals surface area contributed by atoms with Crippen molar-refractivity contribution < 1.29 is 28.5 Å². The number of epoxide rings is 1. The number of methoxy groups -OCH3 is 1. The minimum absolute atomic E-state index is 0.000779. The molecule has 1 aliphatic heterocycles. The molecule has 0 bridgehead atoms. The molecule has 1 aromatic rings. The molecular formula is C22H32O6. The van der Waals surface area contributed by atoms with E-state index < -0.39 is 11.9 Å². The van der Waals surface area contributed by atoms with E-state index in [4.69, 9.17) is 18.9 Å². The second-order valence-corrected chi connectivity index (χ2v) is 9.13. The molecule has 0 aromatic heterocycles. The normalized spacial score (nSPS) is 16.6. The second kappa shape index (κ2) is 8.62. The van der Waals surface area contributed by atoms with Crippen molar-refractivity contribution in [3.05, 3.63) is 34.4 Å². The van der Waals surface area contributed by atoms with Gasteiger partial charge >= 0.3 is 11.9 Å². The first-order valence-electron chi connectivity index (χ1n) is 9.59. The SMILES string of the molecule is COCCOC(=O)c1cc(C(C)(C)C)c(C(=O)OCC2CO2)cc1C(C)(C)C. The Kier molecular flexibility index (Phi) is 6.88. The maximum absolute atomic E-state index is 12.8. The highest BCUT2D eigenvalue weighted by molar-refractivity contribution is 5.97. The molecule has 1 aliphatic rings. The second-order valence-electron chi connectivity index (χ2n) is 9.13. The molecule has 0 N–H and O–H groups in total. The lowest BCUT2D eigenvalue weighted by atomic mass is 9.76. The minimum Gasteiger partial charge on any atom is -0.460 e. The summed E-state index contributed by atoms with van der Waals surface area (Å²) in [7, 11) is 1.55. The van der Waals surface area contributed by atoms with Crippen LogP contribution in [0.1, 0.15) is 73.4 Å². The van der Waals surface area contributed by atoms with E-state index in [0.717, 1.165) is 11.1 Å². The van der Waals surface area contributed by atoms with Gasteiger partial charge in [0.2, 0.25) is 0 Å². The fourth-order valence-electron chi connectivity index (χ4n) is 2.88. The number of carbonyl (C=O) groups is 2. The summed E-state index contributed by atoms with van der Waals surface area (Å²) >= 11 is 0. The number of ether oxygens (including phenoxy) is 4. The number of esters is 2. The molecule has 0 aliphatic carbocycles. The monoisotopic (exact) mass is 392 g/mol. The number of hydrogen-bond donors (Lipinski definition) is 0. The summed E-state index contributed by atoms with van der Waals surface area (Å²) in [5, 5.41) is 0. The lowest BCUT2D eigenvalue weighted by Crippen LogP contribution is -2.25. The van der Waals surface area contributed by atoms with Gasteiger partial charge in [0.1, 0.15) is 19.3 Å². The standard InChI is InChI=1S/C22H32O6/c1-21(2,3)17-11-16(20(24)28-13-14-12-27-14)18(22(4,5)6)10-15(17)19(23)26-9-8-25-7/h10-11,14H,8-9,12-13H2,1-7H3. The van der Waals surface area contributed by atoms with Crippen LogP contribution in [0.5, 0.6) is 0 Å². The minimum atomic E-state index is -0.418. The highest BCUT2D eigenvalue weighted by Crippen LogP contribution is 2.34. The Morgan fingerprint density at radius 3 is 1.79 bits per heavy atom. The third kappa shape index (κ3) is 5.79. The van der Waals surface area contributed by atoms with Gasteiger partial charge in [0, 0.05) is 7.11 Å². The van der Waals surface area contributed by atoms with Crippen molar-refractivity contribution in [3.8, 4) is 0 Å². The summed E-state index contributed by atoms with van der Waals surface area (Å²) < 4.78 is 20.9. The number of rotatable bonds is 7. The van der Waals surface area contributed by atoms with Gasteiger partial charge in [-0.1, -0.05) is 41.5 Å². The van der Waals surface area contributed by atoms with Crippen LogP contribution in [0.3, 0.4) is 0 Å². The van der Waals surface area contributed by atoms with Crippen LogP contribution < -0.4 is 0 Å². The Labute approximate surface area is 167 Å². The van der Waals surface area contributed by atoms with E-state index in [1.54, 1.807) is 19.2 Å². The van der Waals surface area contributed by atoms with E-state index >= 15 is 0 Å². The van der Waals surface area contributed by atoms with Gasteiger partial charge < -0.3 is 18.9 Å². The first-order valence-corrected chi connectivity index (χ1v) is 9.59. The molecule has 6 heteroatoms. The van der Waals surface area contributed by atoms with Crippen LogP contribution in [0.15, 0.2) is 12.1 Å². The maximum Gasteiger partial charge on any atom is 0.338 e. The summed E-state index contributed by atoms with van der Waals surface area (Å²) in [5.41, 5.74) is 1.73. The lowest BCUT2D eigenvalue weighted by molar-refractivity contribution is 0.0383. The van der Waals surface area contributed by atoms with E-state index in [1.807, 2.05) is 41.5 Å². The first-order chi connectivity index (χ1) is 12.9. The first kappa shape index (κ1) is 22.4. The quantitative estimate of drug-likeness (QED) is 0.401.